The van der Waals surface area contributed by atoms with E-state index in [1.807, 2.05) is 6.92 Å². The van der Waals surface area contributed by atoms with Gasteiger partial charge >= 0.3 is 0 Å². The molecule has 0 spiro atoms. The maximum absolute atomic E-state index is 12.2. The second kappa shape index (κ2) is 8.48. The Kier molecular flexibility index (Phi) is 7.31. The van der Waals surface area contributed by atoms with Gasteiger partial charge in [0, 0.05) is 26.3 Å². The van der Waals surface area contributed by atoms with Gasteiger partial charge in [0.2, 0.25) is 10.0 Å². The van der Waals surface area contributed by atoms with E-state index in [1.54, 1.807) is 18.2 Å². The topological polar surface area (TPSA) is 81.4 Å². The van der Waals surface area contributed by atoms with Crippen molar-refractivity contribution in [1.82, 2.24) is 4.72 Å². The summed E-state index contributed by atoms with van der Waals surface area (Å²) in [5.41, 5.74) is 7.45. The number of rotatable bonds is 9. The fourth-order valence-electron chi connectivity index (χ4n) is 1.82. The van der Waals surface area contributed by atoms with Crippen LogP contribution in [0, 0.1) is 12.8 Å². The van der Waals surface area contributed by atoms with Crippen LogP contribution in [-0.4, -0.2) is 28.2 Å². The Labute approximate surface area is 127 Å². The number of ether oxygens (including phenoxy) is 1. The van der Waals surface area contributed by atoms with Gasteiger partial charge in [-0.15, -0.1) is 0 Å². The predicted molar refractivity (Wildman–Crippen MR) is 84.5 cm³/mol. The molecule has 0 atom stereocenters. The molecule has 0 saturated carbocycles. The number of hydrogen-bond acceptors (Lipinski definition) is 4. The lowest BCUT2D eigenvalue weighted by Gasteiger charge is -2.10. The molecule has 0 bridgehead atoms. The summed E-state index contributed by atoms with van der Waals surface area (Å²) in [7, 11) is -3.47. The van der Waals surface area contributed by atoms with Gasteiger partial charge in [0.15, 0.2) is 0 Å². The molecule has 6 heteroatoms. The Morgan fingerprint density at radius 3 is 2.67 bits per heavy atom. The van der Waals surface area contributed by atoms with Gasteiger partial charge in [0.1, 0.15) is 0 Å². The Hall–Kier alpha value is -0.950. The molecule has 0 saturated heterocycles. The van der Waals surface area contributed by atoms with E-state index in [4.69, 9.17) is 10.5 Å². The lowest BCUT2D eigenvalue weighted by molar-refractivity contribution is 0.108. The summed E-state index contributed by atoms with van der Waals surface area (Å²) in [6, 6.07) is 5.02. The number of nitrogens with two attached hydrogens (primary N) is 1. The third kappa shape index (κ3) is 6.13. The van der Waals surface area contributed by atoms with Gasteiger partial charge in [0.05, 0.1) is 4.90 Å². The smallest absolute Gasteiger partial charge is 0.240 e. The van der Waals surface area contributed by atoms with E-state index < -0.39 is 10.0 Å². The average molecular weight is 314 g/mol. The van der Waals surface area contributed by atoms with Crippen molar-refractivity contribution in [2.45, 2.75) is 38.6 Å². The van der Waals surface area contributed by atoms with Crippen LogP contribution in [0.4, 0.5) is 0 Å². The zero-order valence-corrected chi connectivity index (χ0v) is 13.9. The Bertz CT molecular complexity index is 542. The largest absolute Gasteiger partial charge is 0.381 e. The lowest BCUT2D eigenvalue weighted by Crippen LogP contribution is -2.26. The lowest BCUT2D eigenvalue weighted by atomic mass is 10.1. The molecule has 0 radical (unpaired) electrons. The van der Waals surface area contributed by atoms with Gasteiger partial charge in [-0.05, 0) is 42.5 Å². The summed E-state index contributed by atoms with van der Waals surface area (Å²) in [6.45, 7) is 8.03. The molecular weight excluding hydrogens is 288 g/mol. The third-order valence-corrected chi connectivity index (χ3v) is 4.52. The van der Waals surface area contributed by atoms with Crippen molar-refractivity contribution in [3.63, 3.8) is 0 Å². The Morgan fingerprint density at radius 1 is 1.33 bits per heavy atom. The molecule has 5 nitrogen and oxygen atoms in total. The fraction of sp³-hybridized carbons (Fsp3) is 0.600. The molecule has 0 heterocycles. The van der Waals surface area contributed by atoms with Crippen LogP contribution in [0.15, 0.2) is 23.1 Å². The molecule has 0 amide bonds. The number of hydrogen-bond donors (Lipinski definition) is 2. The molecule has 0 unspecified atom stereocenters. The van der Waals surface area contributed by atoms with Gasteiger partial charge in [-0.1, -0.05) is 19.9 Å². The fourth-order valence-corrected chi connectivity index (χ4v) is 2.94. The van der Waals surface area contributed by atoms with Gasteiger partial charge in [-0.3, -0.25) is 0 Å². The first-order chi connectivity index (χ1) is 9.86. The summed E-state index contributed by atoms with van der Waals surface area (Å²) < 4.78 is 32.3. The van der Waals surface area contributed by atoms with E-state index in [2.05, 4.69) is 18.6 Å². The highest BCUT2D eigenvalue weighted by atomic mass is 32.2. The number of nitrogens with one attached hydrogen (secondary N) is 1. The van der Waals surface area contributed by atoms with Crippen molar-refractivity contribution in [1.29, 1.82) is 0 Å². The van der Waals surface area contributed by atoms with E-state index in [0.717, 1.165) is 11.1 Å². The quantitative estimate of drug-likeness (QED) is 0.681. The summed E-state index contributed by atoms with van der Waals surface area (Å²) >= 11 is 0. The number of sulfonamides is 1. The molecule has 0 aliphatic carbocycles. The molecular formula is C15H26N2O3S. The standard InChI is InChI=1S/C15H26N2O3S/c1-12(2)11-20-8-4-7-17-21(18,19)15-6-5-13(3)14(9-15)10-16/h5-6,9,12,17H,4,7-8,10-11,16H2,1-3H3. The number of aryl methyl sites for hydroxylation is 1. The van der Waals surface area contributed by atoms with Crippen molar-refractivity contribution in [2.75, 3.05) is 19.8 Å². The first-order valence-electron chi connectivity index (χ1n) is 7.24. The van der Waals surface area contributed by atoms with Gasteiger partial charge < -0.3 is 10.5 Å². The molecule has 120 valence electrons. The second-order valence-corrected chi connectivity index (χ2v) is 7.28. The van der Waals surface area contributed by atoms with Gasteiger partial charge in [-0.25, -0.2) is 13.1 Å². The molecule has 0 aliphatic rings. The second-order valence-electron chi connectivity index (χ2n) is 5.51. The van der Waals surface area contributed by atoms with Crippen LogP contribution >= 0.6 is 0 Å². The van der Waals surface area contributed by atoms with E-state index in [0.29, 0.717) is 38.6 Å². The normalized spacial score (nSPS) is 12.0. The Balaban J connectivity index is 2.50. The van der Waals surface area contributed by atoms with E-state index in [1.165, 1.54) is 0 Å². The zero-order chi connectivity index (χ0) is 15.9. The molecule has 0 aromatic heterocycles. The zero-order valence-electron chi connectivity index (χ0n) is 13.1. The van der Waals surface area contributed by atoms with E-state index in [-0.39, 0.29) is 4.90 Å². The molecule has 1 aromatic carbocycles. The van der Waals surface area contributed by atoms with Gasteiger partial charge in [-0.2, -0.15) is 0 Å². The molecule has 1 rings (SSSR count). The predicted octanol–water partition coefficient (Wildman–Crippen LogP) is 1.79. The summed E-state index contributed by atoms with van der Waals surface area (Å²) in [4.78, 5) is 0.261. The monoisotopic (exact) mass is 314 g/mol. The molecule has 0 fully saturated rings. The minimum absolute atomic E-state index is 0.261. The van der Waals surface area contributed by atoms with Crippen molar-refractivity contribution in [2.24, 2.45) is 11.7 Å². The summed E-state index contributed by atoms with van der Waals surface area (Å²) in [5.74, 6) is 0.490. The first-order valence-corrected chi connectivity index (χ1v) is 8.72. The minimum atomic E-state index is -3.47. The molecule has 21 heavy (non-hydrogen) atoms. The van der Waals surface area contributed by atoms with Crippen LogP contribution in [0.3, 0.4) is 0 Å². The van der Waals surface area contributed by atoms with Crippen molar-refractivity contribution in [3.05, 3.63) is 29.3 Å². The maximum Gasteiger partial charge on any atom is 0.240 e. The van der Waals surface area contributed by atoms with Crippen LogP contribution in [0.1, 0.15) is 31.4 Å². The third-order valence-electron chi connectivity index (χ3n) is 3.06. The van der Waals surface area contributed by atoms with Crippen LogP contribution in [0.5, 0.6) is 0 Å². The summed E-state index contributed by atoms with van der Waals surface area (Å²) in [5, 5.41) is 0. The van der Waals surface area contributed by atoms with Crippen LogP contribution in [0.2, 0.25) is 0 Å². The van der Waals surface area contributed by atoms with Crippen LogP contribution < -0.4 is 10.5 Å². The van der Waals surface area contributed by atoms with E-state index >= 15 is 0 Å². The van der Waals surface area contributed by atoms with Gasteiger partial charge in [0.25, 0.3) is 0 Å². The first kappa shape index (κ1) is 18.1. The van der Waals surface area contributed by atoms with Crippen LogP contribution in [0.25, 0.3) is 0 Å². The van der Waals surface area contributed by atoms with Crippen molar-refractivity contribution < 1.29 is 13.2 Å². The van der Waals surface area contributed by atoms with E-state index in [9.17, 15) is 8.42 Å². The SMILES string of the molecule is Cc1ccc(S(=O)(=O)NCCCOCC(C)C)cc1CN. The van der Waals surface area contributed by atoms with Crippen molar-refractivity contribution in [3.8, 4) is 0 Å². The molecule has 1 aromatic rings. The Morgan fingerprint density at radius 2 is 2.05 bits per heavy atom. The molecule has 3 N–H and O–H groups in total. The molecule has 0 aliphatic heterocycles. The highest BCUT2D eigenvalue weighted by Crippen LogP contribution is 2.15. The minimum Gasteiger partial charge on any atom is -0.381 e. The van der Waals surface area contributed by atoms with Crippen LogP contribution in [-0.2, 0) is 21.3 Å². The maximum atomic E-state index is 12.2. The number of benzene rings is 1. The van der Waals surface area contributed by atoms with Crippen molar-refractivity contribution >= 4 is 10.0 Å². The highest BCUT2D eigenvalue weighted by molar-refractivity contribution is 7.89. The highest BCUT2D eigenvalue weighted by Gasteiger charge is 2.14. The summed E-state index contributed by atoms with van der Waals surface area (Å²) in [6.07, 6.45) is 0.654. The average Bonchev–Trinajstić information content (AvgIpc) is 2.42.